The molecule has 0 aromatic carbocycles. The second-order valence-corrected chi connectivity index (χ2v) is 24.5. The minimum Gasteiger partial charge on any atom is -0.387 e. The van der Waals surface area contributed by atoms with Gasteiger partial charge >= 0.3 is 7.82 Å². The first-order chi connectivity index (χ1) is 38.5. The van der Waals surface area contributed by atoms with Crippen LogP contribution in [0.5, 0.6) is 0 Å². The van der Waals surface area contributed by atoms with Crippen LogP contribution in [-0.4, -0.2) is 73.4 Å². The molecular formula is C70H126N2O6P+. The van der Waals surface area contributed by atoms with Crippen molar-refractivity contribution in [2.45, 2.75) is 289 Å². The van der Waals surface area contributed by atoms with Crippen LogP contribution in [0.1, 0.15) is 277 Å². The summed E-state index contributed by atoms with van der Waals surface area (Å²) in [6.45, 7) is 4.68. The van der Waals surface area contributed by atoms with E-state index in [4.69, 9.17) is 9.05 Å². The molecule has 1 amide bonds. The van der Waals surface area contributed by atoms with Gasteiger partial charge in [0, 0.05) is 6.42 Å². The van der Waals surface area contributed by atoms with E-state index in [2.05, 4.69) is 116 Å². The lowest BCUT2D eigenvalue weighted by atomic mass is 10.0. The van der Waals surface area contributed by atoms with Crippen molar-refractivity contribution in [3.05, 3.63) is 109 Å². The zero-order valence-electron chi connectivity index (χ0n) is 52.1. The van der Waals surface area contributed by atoms with E-state index in [-0.39, 0.29) is 19.1 Å². The number of rotatable bonds is 59. The maximum absolute atomic E-state index is 13.0. The topological polar surface area (TPSA) is 105 Å². The first-order valence-corrected chi connectivity index (χ1v) is 34.3. The summed E-state index contributed by atoms with van der Waals surface area (Å²) in [6, 6.07) is -0.875. The number of nitrogens with one attached hydrogen (secondary N) is 1. The Labute approximate surface area is 489 Å². The van der Waals surface area contributed by atoms with Crippen molar-refractivity contribution in [3.8, 4) is 0 Å². The van der Waals surface area contributed by atoms with E-state index in [0.717, 1.165) is 83.5 Å². The number of phosphoric acid groups is 1. The Morgan fingerprint density at radius 2 is 0.772 bits per heavy atom. The molecule has 0 fully saturated rings. The van der Waals surface area contributed by atoms with Gasteiger partial charge in [-0.15, -0.1) is 0 Å². The fraction of sp³-hybridized carbons (Fsp3) is 0.729. The molecule has 0 aromatic rings. The molecule has 0 aromatic heterocycles. The number of aliphatic hydroxyl groups is 1. The molecule has 3 N–H and O–H groups in total. The number of likely N-dealkylation sites (N-methyl/N-ethyl adjacent to an activating group) is 1. The Hall–Kier alpha value is -2.84. The van der Waals surface area contributed by atoms with Crippen LogP contribution in [-0.2, 0) is 18.4 Å². The first-order valence-electron chi connectivity index (χ1n) is 32.8. The minimum absolute atomic E-state index is 0.0506. The van der Waals surface area contributed by atoms with Crippen LogP contribution < -0.4 is 5.32 Å². The van der Waals surface area contributed by atoms with Crippen LogP contribution in [0, 0.1) is 0 Å². The number of allylic oxidation sites excluding steroid dienone is 17. The van der Waals surface area contributed by atoms with E-state index >= 15 is 0 Å². The number of unbranched alkanes of at least 4 members (excludes halogenated alkanes) is 30. The lowest BCUT2D eigenvalue weighted by Gasteiger charge is -2.25. The van der Waals surface area contributed by atoms with Crippen LogP contribution in [0.3, 0.4) is 0 Å². The number of hydrogen-bond donors (Lipinski definition) is 3. The second-order valence-electron chi connectivity index (χ2n) is 23.1. The lowest BCUT2D eigenvalue weighted by Crippen LogP contribution is -2.45. The Balaban J connectivity index is 4.09. The predicted molar refractivity (Wildman–Crippen MR) is 345 cm³/mol. The van der Waals surface area contributed by atoms with Crippen molar-refractivity contribution in [2.24, 2.45) is 0 Å². The highest BCUT2D eigenvalue weighted by atomic mass is 31.2. The summed E-state index contributed by atoms with van der Waals surface area (Å²) in [6.07, 6.45) is 87.9. The molecule has 3 atom stereocenters. The Kier molecular flexibility index (Phi) is 57.6. The van der Waals surface area contributed by atoms with Gasteiger partial charge < -0.3 is 19.8 Å². The molecule has 0 saturated heterocycles. The van der Waals surface area contributed by atoms with Gasteiger partial charge in [-0.3, -0.25) is 13.8 Å². The number of aliphatic hydroxyl groups excluding tert-OH is 1. The van der Waals surface area contributed by atoms with Crippen LogP contribution in [0.15, 0.2) is 109 Å². The number of hydrogen-bond acceptors (Lipinski definition) is 5. The van der Waals surface area contributed by atoms with Gasteiger partial charge in [-0.25, -0.2) is 4.57 Å². The maximum atomic E-state index is 13.0. The van der Waals surface area contributed by atoms with Gasteiger partial charge in [0.05, 0.1) is 39.9 Å². The number of phosphoric ester groups is 1. The Morgan fingerprint density at radius 3 is 1.16 bits per heavy atom. The monoisotopic (exact) mass is 1120 g/mol. The molecule has 79 heavy (non-hydrogen) atoms. The minimum atomic E-state index is -4.37. The van der Waals surface area contributed by atoms with Crippen molar-refractivity contribution >= 4 is 13.7 Å². The second kappa shape index (κ2) is 59.8. The van der Waals surface area contributed by atoms with Gasteiger partial charge in [0.15, 0.2) is 0 Å². The molecule has 0 heterocycles. The average Bonchev–Trinajstić information content (AvgIpc) is 3.42. The average molecular weight is 1120 g/mol. The van der Waals surface area contributed by atoms with Gasteiger partial charge in [0.2, 0.25) is 5.91 Å². The van der Waals surface area contributed by atoms with E-state index in [1.165, 1.54) is 173 Å². The summed E-state index contributed by atoms with van der Waals surface area (Å²) >= 11 is 0. The van der Waals surface area contributed by atoms with Crippen molar-refractivity contribution in [2.75, 3.05) is 40.9 Å². The summed E-state index contributed by atoms with van der Waals surface area (Å²) < 4.78 is 23.7. The first kappa shape index (κ1) is 76.2. The largest absolute Gasteiger partial charge is 0.472 e. The van der Waals surface area contributed by atoms with Crippen molar-refractivity contribution in [1.29, 1.82) is 0 Å². The van der Waals surface area contributed by atoms with Crippen molar-refractivity contribution in [3.63, 3.8) is 0 Å². The highest BCUT2D eigenvalue weighted by molar-refractivity contribution is 7.47. The molecular weight excluding hydrogens is 996 g/mol. The third-order valence-corrected chi connectivity index (χ3v) is 15.2. The fourth-order valence-electron chi connectivity index (χ4n) is 9.14. The normalized spacial score (nSPS) is 14.5. The standard InChI is InChI=1S/C70H125N2O6P/c1-6-8-10-12-14-16-18-20-22-24-26-28-29-30-31-32-33-34-35-36-37-38-39-40-41-42-43-44-46-48-50-52-54-56-58-60-62-64-70(74)71-68(67-78-79(75,76)77-66-65-72(3,4)5)69(73)63-61-59-57-55-53-51-49-47-45-27-25-23-21-19-17-15-13-11-9-7-2/h8,10,14,16,20,22,26,28,30-31,33-34,45,47,53,55,61,63,68-69,73H,6-7,9,11-13,15,17-19,21,23-25,27,29,32,35-44,46,48-52,54,56-60,62,64-67H2,1-5H3,(H-,71,74,75,76)/p+1/b10-8-,16-14-,22-20-,28-26-,31-30-,34-33-,47-45+,55-53+,63-61+. The van der Waals surface area contributed by atoms with Gasteiger partial charge in [-0.05, 0) is 96.3 Å². The third kappa shape index (κ3) is 62.6. The van der Waals surface area contributed by atoms with Crippen LogP contribution in [0.2, 0.25) is 0 Å². The molecule has 456 valence electrons. The molecule has 0 aliphatic carbocycles. The molecule has 9 heteroatoms. The summed E-state index contributed by atoms with van der Waals surface area (Å²) in [5.74, 6) is -0.191. The summed E-state index contributed by atoms with van der Waals surface area (Å²) in [5, 5.41) is 13.9. The molecule has 0 aliphatic heterocycles. The van der Waals surface area contributed by atoms with E-state index in [1.54, 1.807) is 6.08 Å². The predicted octanol–water partition coefficient (Wildman–Crippen LogP) is 20.7. The molecule has 3 unspecified atom stereocenters. The smallest absolute Gasteiger partial charge is 0.387 e. The quantitative estimate of drug-likeness (QED) is 0.0243. The highest BCUT2D eigenvalue weighted by Gasteiger charge is 2.27. The third-order valence-electron chi connectivity index (χ3n) is 14.2. The number of carbonyl (C=O) groups excluding carboxylic acids is 1. The fourth-order valence-corrected chi connectivity index (χ4v) is 9.87. The molecule has 0 bridgehead atoms. The summed E-state index contributed by atoms with van der Waals surface area (Å²) in [5.41, 5.74) is 0. The molecule has 0 radical (unpaired) electrons. The molecule has 0 rings (SSSR count). The SMILES string of the molecule is CC/C=C\C/C=C\C/C=C\C/C=C\C/C=C\C/C=C\CCCCCCCCCCCCCCCCCCCCC(=O)NC(COP(=O)(O)OCC[N+](C)(C)C)C(O)/C=C/CC/C=C/CC/C=C/CCCCCCCCCCCC. The highest BCUT2D eigenvalue weighted by Crippen LogP contribution is 2.43. The van der Waals surface area contributed by atoms with Gasteiger partial charge in [-0.1, -0.05) is 284 Å². The Bertz CT molecular complexity index is 1650. The lowest BCUT2D eigenvalue weighted by molar-refractivity contribution is -0.870. The molecule has 0 spiro atoms. The number of quaternary nitrogens is 1. The van der Waals surface area contributed by atoms with E-state index in [0.29, 0.717) is 17.4 Å². The van der Waals surface area contributed by atoms with Gasteiger partial charge in [0.1, 0.15) is 13.2 Å². The maximum Gasteiger partial charge on any atom is 0.472 e. The van der Waals surface area contributed by atoms with Crippen molar-refractivity contribution < 1.29 is 32.9 Å². The Morgan fingerprint density at radius 1 is 0.443 bits per heavy atom. The number of carbonyl (C=O) groups is 1. The van der Waals surface area contributed by atoms with Crippen LogP contribution in [0.25, 0.3) is 0 Å². The van der Waals surface area contributed by atoms with E-state index in [9.17, 15) is 19.4 Å². The van der Waals surface area contributed by atoms with Crippen molar-refractivity contribution in [1.82, 2.24) is 5.32 Å². The van der Waals surface area contributed by atoms with Crippen LogP contribution >= 0.6 is 7.82 Å². The zero-order valence-corrected chi connectivity index (χ0v) is 53.0. The van der Waals surface area contributed by atoms with E-state index in [1.807, 2.05) is 27.2 Å². The van der Waals surface area contributed by atoms with Gasteiger partial charge in [0.25, 0.3) is 0 Å². The van der Waals surface area contributed by atoms with Gasteiger partial charge in [-0.2, -0.15) is 0 Å². The number of nitrogens with zero attached hydrogens (tertiary/aromatic N) is 1. The molecule has 0 saturated carbocycles. The van der Waals surface area contributed by atoms with Crippen LogP contribution in [0.4, 0.5) is 0 Å². The summed E-state index contributed by atoms with van der Waals surface area (Å²) in [7, 11) is 1.54. The zero-order chi connectivity index (χ0) is 57.7. The summed E-state index contributed by atoms with van der Waals surface area (Å²) in [4.78, 5) is 23.4. The van der Waals surface area contributed by atoms with E-state index < -0.39 is 20.0 Å². The molecule has 8 nitrogen and oxygen atoms in total. The number of amides is 1. The molecule has 0 aliphatic rings.